The largest absolute Gasteiger partial charge is 0.385 e. The lowest BCUT2D eigenvalue weighted by molar-refractivity contribution is 0.173. The fourth-order valence-electron chi connectivity index (χ4n) is 1.06. The van der Waals surface area contributed by atoms with Crippen molar-refractivity contribution in [3.63, 3.8) is 0 Å². The smallest absolute Gasteiger partial charge is 0.0931 e. The average molecular weight is 220 g/mol. The Morgan fingerprint density at radius 3 is 2.77 bits per heavy atom. The fourth-order valence-corrected chi connectivity index (χ4v) is 2.19. The van der Waals surface area contributed by atoms with Gasteiger partial charge in [-0.2, -0.15) is 0 Å². The molecule has 1 heterocycles. The van der Waals surface area contributed by atoms with E-state index in [1.54, 1.807) is 7.11 Å². The Hall–Kier alpha value is -0.0900. The van der Waals surface area contributed by atoms with Crippen LogP contribution in [0.5, 0.6) is 0 Å². The first kappa shape index (κ1) is 11.0. The highest BCUT2D eigenvalue weighted by molar-refractivity contribution is 7.16. The van der Waals surface area contributed by atoms with E-state index >= 15 is 0 Å². The van der Waals surface area contributed by atoms with Crippen molar-refractivity contribution in [1.82, 2.24) is 0 Å². The van der Waals surface area contributed by atoms with Crippen LogP contribution in [0.3, 0.4) is 0 Å². The van der Waals surface area contributed by atoms with E-state index in [0.29, 0.717) is 6.61 Å². The van der Waals surface area contributed by atoms with E-state index in [1.165, 1.54) is 11.3 Å². The van der Waals surface area contributed by atoms with Crippen LogP contribution in [0.15, 0.2) is 12.1 Å². The molecule has 0 aromatic carbocycles. The average Bonchev–Trinajstić information content (AvgIpc) is 2.49. The molecule has 0 saturated heterocycles. The molecular weight excluding hydrogens is 206 g/mol. The fraction of sp³-hybridized carbons (Fsp3) is 0.556. The van der Waals surface area contributed by atoms with Gasteiger partial charge >= 0.3 is 0 Å². The molecule has 4 heteroatoms. The molecule has 1 aromatic rings. The minimum atomic E-state index is -0.326. The van der Waals surface area contributed by atoms with Crippen LogP contribution in [-0.4, -0.2) is 13.7 Å². The summed E-state index contributed by atoms with van der Waals surface area (Å²) >= 11 is 7.36. The van der Waals surface area contributed by atoms with Crippen LogP contribution in [-0.2, 0) is 10.3 Å². The van der Waals surface area contributed by atoms with Gasteiger partial charge in [0.1, 0.15) is 0 Å². The van der Waals surface area contributed by atoms with Gasteiger partial charge < -0.3 is 10.5 Å². The maximum atomic E-state index is 6.11. The van der Waals surface area contributed by atoms with Crippen LogP contribution < -0.4 is 5.73 Å². The third kappa shape index (κ3) is 2.95. The summed E-state index contributed by atoms with van der Waals surface area (Å²) in [6.45, 7) is 2.66. The first-order chi connectivity index (χ1) is 6.06. The van der Waals surface area contributed by atoms with Crippen molar-refractivity contribution in [3.8, 4) is 0 Å². The number of hydrogen-bond acceptors (Lipinski definition) is 3. The van der Waals surface area contributed by atoms with Crippen molar-refractivity contribution in [2.24, 2.45) is 5.73 Å². The van der Waals surface area contributed by atoms with Crippen LogP contribution in [0.4, 0.5) is 0 Å². The predicted octanol–water partition coefficient (Wildman–Crippen LogP) is 2.61. The molecule has 0 aliphatic rings. The molecule has 74 valence electrons. The van der Waals surface area contributed by atoms with E-state index in [9.17, 15) is 0 Å². The lowest BCUT2D eigenvalue weighted by Crippen LogP contribution is -2.33. The maximum Gasteiger partial charge on any atom is 0.0931 e. The summed E-state index contributed by atoms with van der Waals surface area (Å²) in [5.41, 5.74) is 5.78. The van der Waals surface area contributed by atoms with E-state index in [1.807, 2.05) is 19.1 Å². The van der Waals surface area contributed by atoms with Crippen LogP contribution in [0, 0.1) is 0 Å². The van der Waals surface area contributed by atoms with Crippen molar-refractivity contribution in [1.29, 1.82) is 0 Å². The van der Waals surface area contributed by atoms with E-state index in [-0.39, 0.29) is 5.54 Å². The number of nitrogens with two attached hydrogens (primary N) is 1. The summed E-state index contributed by atoms with van der Waals surface area (Å²) in [7, 11) is 1.68. The van der Waals surface area contributed by atoms with Crippen LogP contribution >= 0.6 is 22.9 Å². The zero-order valence-corrected chi connectivity index (χ0v) is 9.41. The number of hydrogen-bond donors (Lipinski definition) is 1. The summed E-state index contributed by atoms with van der Waals surface area (Å²) in [5, 5.41) is 0. The first-order valence-electron chi connectivity index (χ1n) is 4.10. The Labute approximate surface area is 87.7 Å². The van der Waals surface area contributed by atoms with Gasteiger partial charge in [-0.1, -0.05) is 11.6 Å². The first-order valence-corrected chi connectivity index (χ1v) is 5.29. The molecule has 0 spiro atoms. The highest BCUT2D eigenvalue weighted by atomic mass is 35.5. The topological polar surface area (TPSA) is 35.2 Å². The Balaban J connectivity index is 2.68. The Bertz CT molecular complexity index is 272. The summed E-state index contributed by atoms with van der Waals surface area (Å²) < 4.78 is 5.78. The van der Waals surface area contributed by atoms with Crippen LogP contribution in [0.2, 0.25) is 4.34 Å². The lowest BCUT2D eigenvalue weighted by Gasteiger charge is -2.22. The number of ether oxygens (including phenoxy) is 1. The second kappa shape index (κ2) is 4.42. The summed E-state index contributed by atoms with van der Waals surface area (Å²) in [4.78, 5) is 1.11. The van der Waals surface area contributed by atoms with Gasteiger partial charge in [0, 0.05) is 24.1 Å². The van der Waals surface area contributed by atoms with E-state index < -0.39 is 0 Å². The van der Waals surface area contributed by atoms with Gasteiger partial charge in [0.25, 0.3) is 0 Å². The molecule has 0 amide bonds. The van der Waals surface area contributed by atoms with Gasteiger partial charge in [0.15, 0.2) is 0 Å². The van der Waals surface area contributed by atoms with Crippen molar-refractivity contribution < 1.29 is 4.74 Å². The molecule has 1 rings (SSSR count). The third-order valence-corrected chi connectivity index (χ3v) is 3.47. The summed E-state index contributed by atoms with van der Waals surface area (Å²) in [6.07, 6.45) is 0.806. The predicted molar refractivity (Wildman–Crippen MR) is 57.4 cm³/mol. The van der Waals surface area contributed by atoms with Crippen LogP contribution in [0.25, 0.3) is 0 Å². The quantitative estimate of drug-likeness (QED) is 0.845. The molecule has 0 aliphatic heterocycles. The second-order valence-corrected chi connectivity index (χ2v) is 4.98. The Morgan fingerprint density at radius 2 is 2.31 bits per heavy atom. The zero-order valence-electron chi connectivity index (χ0n) is 7.84. The molecule has 1 aromatic heterocycles. The highest BCUT2D eigenvalue weighted by Crippen LogP contribution is 2.31. The van der Waals surface area contributed by atoms with Crippen molar-refractivity contribution >= 4 is 22.9 Å². The highest BCUT2D eigenvalue weighted by Gasteiger charge is 2.22. The Morgan fingerprint density at radius 1 is 1.62 bits per heavy atom. The van der Waals surface area contributed by atoms with Gasteiger partial charge in [0.05, 0.1) is 4.34 Å². The molecule has 0 aliphatic carbocycles. The molecule has 0 saturated carbocycles. The summed E-state index contributed by atoms with van der Waals surface area (Å²) in [6, 6.07) is 3.85. The molecule has 1 unspecified atom stereocenters. The zero-order chi connectivity index (χ0) is 9.90. The number of methoxy groups -OCH3 is 1. The van der Waals surface area contributed by atoms with Gasteiger partial charge in [-0.15, -0.1) is 11.3 Å². The molecule has 13 heavy (non-hydrogen) atoms. The summed E-state index contributed by atoms with van der Waals surface area (Å²) in [5.74, 6) is 0. The third-order valence-electron chi connectivity index (χ3n) is 1.96. The maximum absolute atomic E-state index is 6.11. The standard InChI is InChI=1S/C9H14ClNOS/c1-9(11,5-6-12-2)7-3-4-8(10)13-7/h3-4H,5-6,11H2,1-2H3. The SMILES string of the molecule is COCCC(C)(N)c1ccc(Cl)s1. The van der Waals surface area contributed by atoms with E-state index in [0.717, 1.165) is 15.6 Å². The minimum Gasteiger partial charge on any atom is -0.385 e. The molecular formula is C9H14ClNOS. The Kier molecular flexibility index (Phi) is 3.74. The lowest BCUT2D eigenvalue weighted by atomic mass is 9.98. The number of thiophene rings is 1. The van der Waals surface area contributed by atoms with E-state index in [4.69, 9.17) is 22.1 Å². The van der Waals surface area contributed by atoms with Crippen molar-refractivity contribution in [2.75, 3.05) is 13.7 Å². The number of rotatable bonds is 4. The van der Waals surface area contributed by atoms with E-state index in [2.05, 4.69) is 0 Å². The van der Waals surface area contributed by atoms with Gasteiger partial charge in [-0.05, 0) is 25.5 Å². The monoisotopic (exact) mass is 219 g/mol. The second-order valence-electron chi connectivity index (χ2n) is 3.26. The van der Waals surface area contributed by atoms with Crippen molar-refractivity contribution in [2.45, 2.75) is 18.9 Å². The van der Waals surface area contributed by atoms with Gasteiger partial charge in [-0.25, -0.2) is 0 Å². The van der Waals surface area contributed by atoms with Crippen molar-refractivity contribution in [3.05, 3.63) is 21.3 Å². The molecule has 2 N–H and O–H groups in total. The van der Waals surface area contributed by atoms with Crippen LogP contribution in [0.1, 0.15) is 18.2 Å². The molecule has 0 bridgehead atoms. The molecule has 0 radical (unpaired) electrons. The van der Waals surface area contributed by atoms with Gasteiger partial charge in [-0.3, -0.25) is 0 Å². The minimum absolute atomic E-state index is 0.326. The van der Waals surface area contributed by atoms with Gasteiger partial charge in [0.2, 0.25) is 0 Å². The number of halogens is 1. The molecule has 2 nitrogen and oxygen atoms in total. The normalized spacial score (nSPS) is 15.7. The molecule has 1 atom stereocenters. The molecule has 0 fully saturated rings.